The molecule has 1 N–H and O–H groups in total. The number of benzene rings is 2. The third-order valence-corrected chi connectivity index (χ3v) is 3.91. The minimum absolute atomic E-state index is 0.0321. The van der Waals surface area contributed by atoms with E-state index in [0.717, 1.165) is 11.3 Å². The molecule has 110 valence electrons. The highest BCUT2D eigenvalue weighted by molar-refractivity contribution is 6.42. The van der Waals surface area contributed by atoms with Crippen LogP contribution in [0.3, 0.4) is 0 Å². The molecule has 0 aromatic heterocycles. The Morgan fingerprint density at radius 2 is 1.71 bits per heavy atom. The van der Waals surface area contributed by atoms with Gasteiger partial charge in [0.1, 0.15) is 0 Å². The van der Waals surface area contributed by atoms with E-state index in [4.69, 9.17) is 23.2 Å². The number of anilines is 1. The fourth-order valence-corrected chi connectivity index (χ4v) is 2.20. The van der Waals surface area contributed by atoms with E-state index in [0.29, 0.717) is 15.6 Å². The Kier molecular flexibility index (Phi) is 4.60. The summed E-state index contributed by atoms with van der Waals surface area (Å²) < 4.78 is 0. The molecule has 0 spiro atoms. The molecule has 21 heavy (non-hydrogen) atoms. The van der Waals surface area contributed by atoms with E-state index in [1.807, 2.05) is 18.2 Å². The lowest BCUT2D eigenvalue weighted by Crippen LogP contribution is -2.14. The molecule has 2 nitrogen and oxygen atoms in total. The first-order valence-electron chi connectivity index (χ1n) is 6.64. The van der Waals surface area contributed by atoms with Crippen LogP contribution in [0.4, 0.5) is 5.69 Å². The zero-order valence-corrected chi connectivity index (χ0v) is 13.7. The predicted molar refractivity (Wildman–Crippen MR) is 89.6 cm³/mol. The van der Waals surface area contributed by atoms with Crippen molar-refractivity contribution in [1.82, 2.24) is 0 Å². The monoisotopic (exact) mass is 321 g/mol. The van der Waals surface area contributed by atoms with Crippen LogP contribution in [0.5, 0.6) is 0 Å². The Labute approximate surface area is 135 Å². The second-order valence-corrected chi connectivity index (χ2v) is 6.73. The van der Waals surface area contributed by atoms with Gasteiger partial charge in [0.05, 0.1) is 10.0 Å². The van der Waals surface area contributed by atoms with Crippen molar-refractivity contribution in [2.45, 2.75) is 26.2 Å². The average Bonchev–Trinajstić information content (AvgIpc) is 2.41. The van der Waals surface area contributed by atoms with E-state index in [-0.39, 0.29) is 11.3 Å². The fourth-order valence-electron chi connectivity index (χ4n) is 1.90. The van der Waals surface area contributed by atoms with Crippen molar-refractivity contribution in [3.8, 4) is 0 Å². The van der Waals surface area contributed by atoms with Gasteiger partial charge in [0.25, 0.3) is 5.91 Å². The minimum Gasteiger partial charge on any atom is -0.322 e. The first kappa shape index (κ1) is 15.9. The van der Waals surface area contributed by atoms with Crippen LogP contribution in [-0.4, -0.2) is 5.91 Å². The SMILES string of the molecule is CC(C)(C)c1cccc(NC(=O)c2ccc(Cl)c(Cl)c2)c1. The number of nitrogens with one attached hydrogen (secondary N) is 1. The summed E-state index contributed by atoms with van der Waals surface area (Å²) in [5.74, 6) is -0.209. The van der Waals surface area contributed by atoms with Crippen molar-refractivity contribution < 1.29 is 4.79 Å². The lowest BCUT2D eigenvalue weighted by atomic mass is 9.87. The summed E-state index contributed by atoms with van der Waals surface area (Å²) in [5, 5.41) is 3.68. The van der Waals surface area contributed by atoms with Crippen LogP contribution in [0, 0.1) is 0 Å². The molecule has 2 aromatic rings. The molecule has 2 aromatic carbocycles. The molecular weight excluding hydrogens is 305 g/mol. The van der Waals surface area contributed by atoms with Crippen molar-refractivity contribution in [3.63, 3.8) is 0 Å². The first-order chi connectivity index (χ1) is 9.77. The average molecular weight is 322 g/mol. The molecule has 0 saturated carbocycles. The van der Waals surface area contributed by atoms with Gasteiger partial charge in [0, 0.05) is 11.3 Å². The molecule has 0 aliphatic heterocycles. The smallest absolute Gasteiger partial charge is 0.255 e. The molecule has 0 atom stereocenters. The number of carbonyl (C=O) groups excluding carboxylic acids is 1. The van der Waals surface area contributed by atoms with Gasteiger partial charge in [-0.25, -0.2) is 0 Å². The maximum Gasteiger partial charge on any atom is 0.255 e. The maximum atomic E-state index is 12.2. The Bertz CT molecular complexity index is 675. The third-order valence-electron chi connectivity index (χ3n) is 3.17. The van der Waals surface area contributed by atoms with Crippen LogP contribution in [0.15, 0.2) is 42.5 Å². The van der Waals surface area contributed by atoms with Crippen molar-refractivity contribution in [2.24, 2.45) is 0 Å². The highest BCUT2D eigenvalue weighted by Crippen LogP contribution is 2.26. The van der Waals surface area contributed by atoms with Gasteiger partial charge in [0.2, 0.25) is 0 Å². The summed E-state index contributed by atoms with van der Waals surface area (Å²) in [6, 6.07) is 12.7. The van der Waals surface area contributed by atoms with Crippen LogP contribution < -0.4 is 5.32 Å². The molecule has 0 saturated heterocycles. The molecule has 0 bridgehead atoms. The summed E-state index contributed by atoms with van der Waals surface area (Å²) in [6.07, 6.45) is 0. The zero-order chi connectivity index (χ0) is 15.6. The predicted octanol–water partition coefficient (Wildman–Crippen LogP) is 5.54. The highest BCUT2D eigenvalue weighted by atomic mass is 35.5. The lowest BCUT2D eigenvalue weighted by molar-refractivity contribution is 0.102. The maximum absolute atomic E-state index is 12.2. The van der Waals surface area contributed by atoms with E-state index in [1.165, 1.54) is 0 Å². The number of hydrogen-bond donors (Lipinski definition) is 1. The van der Waals surface area contributed by atoms with Crippen LogP contribution >= 0.6 is 23.2 Å². The van der Waals surface area contributed by atoms with Gasteiger partial charge in [-0.15, -0.1) is 0 Å². The summed E-state index contributed by atoms with van der Waals surface area (Å²) in [4.78, 5) is 12.2. The van der Waals surface area contributed by atoms with E-state index < -0.39 is 0 Å². The molecule has 0 heterocycles. The van der Waals surface area contributed by atoms with Gasteiger partial charge in [-0.3, -0.25) is 4.79 Å². The van der Waals surface area contributed by atoms with Crippen molar-refractivity contribution >= 4 is 34.8 Å². The lowest BCUT2D eigenvalue weighted by Gasteiger charge is -2.19. The van der Waals surface area contributed by atoms with Gasteiger partial charge in [-0.1, -0.05) is 56.1 Å². The summed E-state index contributed by atoms with van der Waals surface area (Å²) >= 11 is 11.8. The Morgan fingerprint density at radius 1 is 1.00 bits per heavy atom. The normalized spacial score (nSPS) is 11.3. The first-order valence-corrected chi connectivity index (χ1v) is 7.40. The molecule has 1 amide bonds. The molecule has 0 aliphatic carbocycles. The number of carbonyl (C=O) groups is 1. The van der Waals surface area contributed by atoms with E-state index in [1.54, 1.807) is 18.2 Å². The highest BCUT2D eigenvalue weighted by Gasteiger charge is 2.14. The quantitative estimate of drug-likeness (QED) is 0.772. The van der Waals surface area contributed by atoms with Gasteiger partial charge < -0.3 is 5.32 Å². The van der Waals surface area contributed by atoms with Crippen LogP contribution in [-0.2, 0) is 5.41 Å². The minimum atomic E-state index is -0.209. The van der Waals surface area contributed by atoms with Crippen molar-refractivity contribution in [1.29, 1.82) is 0 Å². The van der Waals surface area contributed by atoms with Gasteiger partial charge in [-0.05, 0) is 41.3 Å². The number of hydrogen-bond acceptors (Lipinski definition) is 1. The second-order valence-electron chi connectivity index (χ2n) is 5.91. The number of rotatable bonds is 2. The molecule has 0 radical (unpaired) electrons. The molecule has 2 rings (SSSR count). The summed E-state index contributed by atoms with van der Waals surface area (Å²) in [5.41, 5.74) is 2.43. The van der Waals surface area contributed by atoms with E-state index in [9.17, 15) is 4.79 Å². The molecule has 0 fully saturated rings. The molecule has 4 heteroatoms. The molecular formula is C17H17Cl2NO. The Morgan fingerprint density at radius 3 is 2.33 bits per heavy atom. The van der Waals surface area contributed by atoms with Crippen molar-refractivity contribution in [3.05, 3.63) is 63.6 Å². The van der Waals surface area contributed by atoms with Gasteiger partial charge in [0.15, 0.2) is 0 Å². The third kappa shape index (κ3) is 3.99. The number of amides is 1. The Balaban J connectivity index is 2.21. The van der Waals surface area contributed by atoms with E-state index >= 15 is 0 Å². The number of halogens is 2. The second kappa shape index (κ2) is 6.08. The van der Waals surface area contributed by atoms with Crippen LogP contribution in [0.1, 0.15) is 36.7 Å². The molecule has 0 unspecified atom stereocenters. The molecule has 0 aliphatic rings. The zero-order valence-electron chi connectivity index (χ0n) is 12.2. The topological polar surface area (TPSA) is 29.1 Å². The fraction of sp³-hybridized carbons (Fsp3) is 0.235. The van der Waals surface area contributed by atoms with Crippen LogP contribution in [0.25, 0.3) is 0 Å². The van der Waals surface area contributed by atoms with E-state index in [2.05, 4.69) is 32.2 Å². The summed E-state index contributed by atoms with van der Waals surface area (Å²) in [6.45, 7) is 6.40. The van der Waals surface area contributed by atoms with Gasteiger partial charge in [-0.2, -0.15) is 0 Å². The van der Waals surface area contributed by atoms with Crippen LogP contribution in [0.2, 0.25) is 10.0 Å². The van der Waals surface area contributed by atoms with Gasteiger partial charge >= 0.3 is 0 Å². The van der Waals surface area contributed by atoms with Crippen molar-refractivity contribution in [2.75, 3.05) is 5.32 Å². The Hall–Kier alpha value is -1.51. The standard InChI is InChI=1S/C17H17Cl2NO/c1-17(2,3)12-5-4-6-13(10-12)20-16(21)11-7-8-14(18)15(19)9-11/h4-10H,1-3H3,(H,20,21). The largest absolute Gasteiger partial charge is 0.322 e. The summed E-state index contributed by atoms with van der Waals surface area (Å²) in [7, 11) is 0.